The van der Waals surface area contributed by atoms with Gasteiger partial charge >= 0.3 is 0 Å². The number of piperidine rings is 3. The van der Waals surface area contributed by atoms with Crippen LogP contribution in [0, 0.1) is 11.8 Å². The first-order valence-corrected chi connectivity index (χ1v) is 10.7. The van der Waals surface area contributed by atoms with Crippen molar-refractivity contribution in [3.63, 3.8) is 0 Å². The number of hydrogen-bond acceptors (Lipinski definition) is 2. The van der Waals surface area contributed by atoms with Crippen LogP contribution in [0.1, 0.15) is 30.1 Å². The molecule has 29 heavy (non-hydrogen) atoms. The zero-order valence-corrected chi connectivity index (χ0v) is 16.8. The number of aliphatic hydroxyl groups is 1. The monoisotopic (exact) mass is 385 g/mol. The highest BCUT2D eigenvalue weighted by Crippen LogP contribution is 2.47. The molecule has 2 bridgehead atoms. The first kappa shape index (κ1) is 18.5. The molecule has 1 N–H and O–H groups in total. The van der Waals surface area contributed by atoms with Crippen LogP contribution in [0.25, 0.3) is 10.9 Å². The van der Waals surface area contributed by atoms with E-state index in [9.17, 15) is 5.11 Å². The summed E-state index contributed by atoms with van der Waals surface area (Å²) in [7, 11) is 0. The fraction of sp³-hybridized carbons (Fsp3) is 0.346. The molecule has 2 aromatic carbocycles. The molecule has 148 valence electrons. The lowest BCUT2D eigenvalue weighted by atomic mass is 9.71. The molecule has 0 spiro atoms. The van der Waals surface area contributed by atoms with Crippen LogP contribution < -0.4 is 0 Å². The van der Waals surface area contributed by atoms with Crippen LogP contribution in [-0.2, 0) is 6.54 Å². The predicted octanol–water partition coefficient (Wildman–Crippen LogP) is 4.88. The minimum absolute atomic E-state index is 0.205. The van der Waals surface area contributed by atoms with Crippen LogP contribution in [0.4, 0.5) is 0 Å². The maximum absolute atomic E-state index is 11.7. The Kier molecular flexibility index (Phi) is 4.73. The second-order valence-corrected chi connectivity index (χ2v) is 8.88. The van der Waals surface area contributed by atoms with Crippen LogP contribution in [0.2, 0.25) is 0 Å². The highest BCUT2D eigenvalue weighted by molar-refractivity contribution is 5.82. The van der Waals surface area contributed by atoms with E-state index in [-0.39, 0.29) is 6.04 Å². The fourth-order valence-electron chi connectivity index (χ4n) is 5.91. The lowest BCUT2D eigenvalue weighted by Gasteiger charge is -2.58. The molecule has 3 aliphatic rings. The van der Waals surface area contributed by atoms with Crippen molar-refractivity contribution in [2.24, 2.45) is 11.8 Å². The molecule has 0 aliphatic carbocycles. The molecule has 1 aromatic heterocycles. The van der Waals surface area contributed by atoms with E-state index in [2.05, 4.69) is 54.0 Å². The summed E-state index contributed by atoms with van der Waals surface area (Å²) in [5, 5.41) is 12.8. The molecule has 3 saturated heterocycles. The highest BCUT2D eigenvalue weighted by atomic mass is 16.3. The standard InChI is InChI=1S/C26H29N2O/c1-2-20-18-28(17-19-8-4-3-5-9-19)15-13-21(20)16-25(28)26(29)23-12-14-27-24-11-7-6-10-22(23)24/h2-12,14,20-21,25-26,29H,1,13,15-18H2/q+1/t20-,21+,25+,26+,28-/m1/s1. The Morgan fingerprint density at radius 2 is 1.90 bits per heavy atom. The van der Waals surface area contributed by atoms with Crippen molar-refractivity contribution in [1.82, 2.24) is 4.98 Å². The van der Waals surface area contributed by atoms with Gasteiger partial charge in [0.25, 0.3) is 0 Å². The molecular formula is C26H29N2O+. The zero-order chi connectivity index (χ0) is 19.8. The predicted molar refractivity (Wildman–Crippen MR) is 117 cm³/mol. The van der Waals surface area contributed by atoms with E-state index in [1.54, 1.807) is 0 Å². The van der Waals surface area contributed by atoms with Crippen molar-refractivity contribution < 1.29 is 9.59 Å². The van der Waals surface area contributed by atoms with Gasteiger partial charge in [-0.05, 0) is 23.6 Å². The normalized spacial score (nSPS) is 29.6. The van der Waals surface area contributed by atoms with Gasteiger partial charge in [0.05, 0.1) is 18.6 Å². The molecule has 3 heteroatoms. The molecule has 3 fully saturated rings. The Balaban J connectivity index is 1.56. The third kappa shape index (κ3) is 3.19. The molecule has 6 rings (SSSR count). The smallest absolute Gasteiger partial charge is 0.131 e. The summed E-state index contributed by atoms with van der Waals surface area (Å²) < 4.78 is 0.953. The second-order valence-electron chi connectivity index (χ2n) is 8.88. The minimum Gasteiger partial charge on any atom is -0.382 e. The van der Waals surface area contributed by atoms with Gasteiger partial charge in [0.15, 0.2) is 0 Å². The van der Waals surface area contributed by atoms with Crippen molar-refractivity contribution in [2.45, 2.75) is 31.5 Å². The van der Waals surface area contributed by atoms with Crippen LogP contribution in [0.15, 0.2) is 79.5 Å². The number of hydrogen-bond donors (Lipinski definition) is 1. The number of para-hydroxylation sites is 1. The van der Waals surface area contributed by atoms with Crippen LogP contribution in [0.5, 0.6) is 0 Å². The molecule has 0 amide bonds. The molecule has 3 aliphatic heterocycles. The van der Waals surface area contributed by atoms with Gasteiger partial charge in [0.2, 0.25) is 0 Å². The zero-order valence-electron chi connectivity index (χ0n) is 16.8. The Labute approximate surface area is 172 Å². The summed E-state index contributed by atoms with van der Waals surface area (Å²) in [6.07, 6.45) is 5.79. The SMILES string of the molecule is C=C[C@@H]1C[N@+]2(Cc3ccccc3)CC[C@H]1C[C@H]2[C@@H](O)c1ccnc2ccccc12. The highest BCUT2D eigenvalue weighted by Gasteiger charge is 2.53. The summed E-state index contributed by atoms with van der Waals surface area (Å²) in [5.74, 6) is 1.18. The number of benzene rings is 2. The number of aromatic nitrogens is 1. The van der Waals surface area contributed by atoms with E-state index >= 15 is 0 Å². The molecule has 5 atom stereocenters. The van der Waals surface area contributed by atoms with Crippen LogP contribution in [-0.4, -0.2) is 33.7 Å². The third-order valence-electron chi connectivity index (χ3n) is 7.38. The van der Waals surface area contributed by atoms with Crippen molar-refractivity contribution in [1.29, 1.82) is 0 Å². The topological polar surface area (TPSA) is 33.1 Å². The molecule has 3 nitrogen and oxygen atoms in total. The first-order chi connectivity index (χ1) is 14.2. The van der Waals surface area contributed by atoms with Gasteiger partial charge in [-0.1, -0.05) is 54.6 Å². The fourth-order valence-corrected chi connectivity index (χ4v) is 5.91. The van der Waals surface area contributed by atoms with Crippen molar-refractivity contribution in [2.75, 3.05) is 13.1 Å². The van der Waals surface area contributed by atoms with Crippen LogP contribution in [0.3, 0.4) is 0 Å². The van der Waals surface area contributed by atoms with E-state index < -0.39 is 6.10 Å². The average molecular weight is 386 g/mol. The second kappa shape index (κ2) is 7.40. The molecule has 0 radical (unpaired) electrons. The number of rotatable bonds is 5. The summed E-state index contributed by atoms with van der Waals surface area (Å²) >= 11 is 0. The van der Waals surface area contributed by atoms with Gasteiger partial charge in [-0.2, -0.15) is 0 Å². The molecular weight excluding hydrogens is 356 g/mol. The van der Waals surface area contributed by atoms with Gasteiger partial charge in [-0.15, -0.1) is 6.58 Å². The maximum atomic E-state index is 11.7. The van der Waals surface area contributed by atoms with Gasteiger partial charge < -0.3 is 9.59 Å². The molecule has 0 unspecified atom stereocenters. The van der Waals surface area contributed by atoms with Crippen LogP contribution >= 0.6 is 0 Å². The Bertz CT molecular complexity index is 1010. The first-order valence-electron chi connectivity index (χ1n) is 10.7. The van der Waals surface area contributed by atoms with Gasteiger partial charge in [0.1, 0.15) is 18.7 Å². The summed E-state index contributed by atoms with van der Waals surface area (Å²) in [5.41, 5.74) is 3.33. The largest absolute Gasteiger partial charge is 0.382 e. The lowest BCUT2D eigenvalue weighted by Crippen LogP contribution is -2.67. The average Bonchev–Trinajstić information content (AvgIpc) is 2.78. The number of fused-ring (bicyclic) bond motifs is 4. The molecule has 0 saturated carbocycles. The third-order valence-corrected chi connectivity index (χ3v) is 7.38. The Hall–Kier alpha value is -2.49. The van der Waals surface area contributed by atoms with Gasteiger partial charge in [-0.3, -0.25) is 4.98 Å². The van der Waals surface area contributed by atoms with Crippen molar-refractivity contribution in [3.05, 3.63) is 90.6 Å². The maximum Gasteiger partial charge on any atom is 0.131 e. The van der Waals surface area contributed by atoms with E-state index in [0.717, 1.165) is 47.0 Å². The lowest BCUT2D eigenvalue weighted by molar-refractivity contribution is -0.984. The summed E-state index contributed by atoms with van der Waals surface area (Å²) in [4.78, 5) is 4.50. The van der Waals surface area contributed by atoms with Crippen molar-refractivity contribution >= 4 is 10.9 Å². The van der Waals surface area contributed by atoms with Gasteiger partial charge in [-0.25, -0.2) is 0 Å². The number of quaternary nitrogens is 1. The van der Waals surface area contributed by atoms with E-state index in [1.165, 1.54) is 12.0 Å². The van der Waals surface area contributed by atoms with Gasteiger partial charge in [0, 0.05) is 35.9 Å². The Morgan fingerprint density at radius 1 is 1.10 bits per heavy atom. The molecule has 3 aromatic rings. The quantitative estimate of drug-likeness (QED) is 0.502. The van der Waals surface area contributed by atoms with E-state index in [4.69, 9.17) is 0 Å². The van der Waals surface area contributed by atoms with E-state index in [1.807, 2.05) is 30.5 Å². The Morgan fingerprint density at radius 3 is 2.72 bits per heavy atom. The van der Waals surface area contributed by atoms with Crippen molar-refractivity contribution in [3.8, 4) is 0 Å². The molecule has 4 heterocycles. The number of nitrogens with zero attached hydrogens (tertiary/aromatic N) is 2. The summed E-state index contributed by atoms with van der Waals surface area (Å²) in [6.45, 7) is 7.32. The number of aliphatic hydroxyl groups excluding tert-OH is 1. The number of pyridine rings is 1. The minimum atomic E-state index is -0.486. The van der Waals surface area contributed by atoms with E-state index in [0.29, 0.717) is 11.8 Å². The summed E-state index contributed by atoms with van der Waals surface area (Å²) in [6, 6.07) is 21.2.